The predicted octanol–water partition coefficient (Wildman–Crippen LogP) is 3.42. The van der Waals surface area contributed by atoms with E-state index in [9.17, 15) is 33.5 Å². The fraction of sp³-hybridized carbons (Fsp3) is 0.588. The van der Waals surface area contributed by atoms with Gasteiger partial charge >= 0.3 is 5.97 Å². The maximum atomic E-state index is 14.5. The molecule has 4 rings (SSSR count). The Morgan fingerprint density at radius 3 is 2.35 bits per heavy atom. The van der Waals surface area contributed by atoms with E-state index in [1.165, 1.54) is 16.2 Å². The first-order valence-electron chi connectivity index (χ1n) is 16.4. The van der Waals surface area contributed by atoms with E-state index in [2.05, 4.69) is 20.9 Å². The van der Waals surface area contributed by atoms with Gasteiger partial charge in [0.25, 0.3) is 5.91 Å². The first-order chi connectivity index (χ1) is 22.6. The third kappa shape index (κ3) is 9.59. The number of rotatable bonds is 15. The van der Waals surface area contributed by atoms with Gasteiger partial charge in [-0.1, -0.05) is 51.5 Å². The highest BCUT2D eigenvalue weighted by atomic mass is 32.1. The number of unbranched alkanes of at least 4 members (excludes halogenated alkanes) is 2. The summed E-state index contributed by atoms with van der Waals surface area (Å²) in [6.45, 7) is 7.30. The SMILES string of the molecule is Cc1ncsc1-c1ccc([C@H](CC(=O)NCCCCCC(=O)O)NC(=O)[C@@H]2C[C@@H](O)CN2C(=O)[C@@H](NC(=O)C2(F)CC2)C(C)(C)C)cc1. The Labute approximate surface area is 283 Å². The predicted molar refractivity (Wildman–Crippen MR) is 177 cm³/mol. The van der Waals surface area contributed by atoms with Gasteiger partial charge < -0.3 is 31.1 Å². The number of aryl methyl sites for hydroxylation is 1. The Hall–Kier alpha value is -3.91. The summed E-state index contributed by atoms with van der Waals surface area (Å²) in [5.74, 6) is -3.22. The van der Waals surface area contributed by atoms with Gasteiger partial charge in [-0.05, 0) is 49.1 Å². The van der Waals surface area contributed by atoms with Gasteiger partial charge in [0.1, 0.15) is 12.1 Å². The molecule has 48 heavy (non-hydrogen) atoms. The number of halogens is 1. The van der Waals surface area contributed by atoms with E-state index in [4.69, 9.17) is 5.11 Å². The number of hydrogen-bond donors (Lipinski definition) is 5. The van der Waals surface area contributed by atoms with E-state index in [0.717, 1.165) is 16.1 Å². The van der Waals surface area contributed by atoms with Crippen molar-refractivity contribution in [3.05, 3.63) is 41.0 Å². The number of amides is 4. The molecule has 4 amide bonds. The minimum absolute atomic E-state index is 0.0473. The van der Waals surface area contributed by atoms with Crippen LogP contribution in [0.2, 0.25) is 0 Å². The van der Waals surface area contributed by atoms with Gasteiger partial charge in [-0.25, -0.2) is 9.37 Å². The van der Waals surface area contributed by atoms with Crippen molar-refractivity contribution in [2.24, 2.45) is 5.41 Å². The number of β-amino-alcohol motifs (C(OH)–C–C–N with tert-alkyl or cyclic N) is 1. The number of nitrogens with zero attached hydrogens (tertiary/aromatic N) is 2. The first kappa shape index (κ1) is 36.9. The molecule has 2 aromatic rings. The van der Waals surface area contributed by atoms with E-state index in [1.54, 1.807) is 26.3 Å². The number of carbonyl (C=O) groups is 5. The lowest BCUT2D eigenvalue weighted by Gasteiger charge is -2.36. The quantitative estimate of drug-likeness (QED) is 0.177. The second-order valence-electron chi connectivity index (χ2n) is 13.8. The summed E-state index contributed by atoms with van der Waals surface area (Å²) in [6, 6.07) is 4.40. The maximum Gasteiger partial charge on any atom is 0.303 e. The topological polar surface area (TPSA) is 178 Å². The van der Waals surface area contributed by atoms with E-state index in [0.29, 0.717) is 31.4 Å². The highest BCUT2D eigenvalue weighted by molar-refractivity contribution is 7.13. The highest BCUT2D eigenvalue weighted by Gasteiger charge is 2.53. The number of carboxylic acids is 1. The molecule has 12 nitrogen and oxygen atoms in total. The largest absolute Gasteiger partial charge is 0.481 e. The zero-order chi connectivity index (χ0) is 35.2. The minimum atomic E-state index is -1.99. The van der Waals surface area contributed by atoms with Crippen molar-refractivity contribution in [2.45, 2.75) is 109 Å². The van der Waals surface area contributed by atoms with Crippen molar-refractivity contribution < 1.29 is 38.6 Å². The molecule has 0 unspecified atom stereocenters. The lowest BCUT2D eigenvalue weighted by molar-refractivity contribution is -0.145. The number of thiazole rings is 1. The molecular weight excluding hydrogens is 641 g/mol. The number of hydrogen-bond acceptors (Lipinski definition) is 8. The molecule has 0 spiro atoms. The number of aliphatic carboxylic acids is 1. The monoisotopic (exact) mass is 687 g/mol. The first-order valence-corrected chi connectivity index (χ1v) is 17.2. The Morgan fingerprint density at radius 2 is 1.77 bits per heavy atom. The molecule has 1 saturated carbocycles. The lowest BCUT2D eigenvalue weighted by atomic mass is 9.85. The molecule has 1 aliphatic heterocycles. The van der Waals surface area contributed by atoms with Gasteiger partial charge in [-0.15, -0.1) is 11.3 Å². The van der Waals surface area contributed by atoms with Crippen molar-refractivity contribution in [1.29, 1.82) is 0 Å². The van der Waals surface area contributed by atoms with Crippen LogP contribution in [0.15, 0.2) is 29.8 Å². The number of aliphatic hydroxyl groups excluding tert-OH is 1. The second-order valence-corrected chi connectivity index (χ2v) is 14.7. The summed E-state index contributed by atoms with van der Waals surface area (Å²) < 4.78 is 14.5. The Balaban J connectivity index is 1.50. The van der Waals surface area contributed by atoms with Crippen LogP contribution in [-0.2, 0) is 24.0 Å². The Morgan fingerprint density at radius 1 is 1.08 bits per heavy atom. The fourth-order valence-corrected chi connectivity index (χ4v) is 6.56. The molecule has 1 aliphatic carbocycles. The normalized spacial score (nSPS) is 19.7. The van der Waals surface area contributed by atoms with Crippen LogP contribution in [0.1, 0.15) is 89.4 Å². The van der Waals surface area contributed by atoms with Crippen LogP contribution in [-0.4, -0.2) is 86.6 Å². The average Bonchev–Trinajstić information content (AvgIpc) is 3.43. The van der Waals surface area contributed by atoms with Crippen molar-refractivity contribution in [2.75, 3.05) is 13.1 Å². The molecule has 2 aliphatic rings. The summed E-state index contributed by atoms with van der Waals surface area (Å²) in [6.07, 6.45) is 0.828. The Kier molecular flexibility index (Phi) is 12.0. The van der Waals surface area contributed by atoms with Crippen LogP contribution < -0.4 is 16.0 Å². The third-order valence-corrected chi connectivity index (χ3v) is 9.74. The van der Waals surface area contributed by atoms with Gasteiger partial charge in [0.15, 0.2) is 5.67 Å². The Bertz CT molecular complexity index is 1490. The molecule has 14 heteroatoms. The van der Waals surface area contributed by atoms with Gasteiger partial charge in [-0.3, -0.25) is 24.0 Å². The number of carbonyl (C=O) groups excluding carboxylic acids is 4. The van der Waals surface area contributed by atoms with Crippen LogP contribution in [0.25, 0.3) is 10.4 Å². The standard InChI is InChI=1S/C34H46FN5O7S/c1-20-28(48-19-37-20)22-11-9-21(10-12-22)24(17-26(42)36-15-7-5-6-8-27(43)44)38-30(45)25-16-23(41)18-40(25)31(46)29(33(2,3)4)39-32(47)34(35)13-14-34/h9-12,19,23-25,29,41H,5-8,13-18H2,1-4H3,(H,36,42)(H,38,45)(H,39,47)(H,43,44)/t23-,24+,25+,29-/m1/s1. The molecule has 262 valence electrons. The third-order valence-electron chi connectivity index (χ3n) is 8.77. The summed E-state index contributed by atoms with van der Waals surface area (Å²) >= 11 is 1.50. The van der Waals surface area contributed by atoms with Crippen molar-refractivity contribution in [3.8, 4) is 10.4 Å². The molecule has 4 atom stereocenters. The van der Waals surface area contributed by atoms with E-state index in [-0.39, 0.29) is 44.6 Å². The summed E-state index contributed by atoms with van der Waals surface area (Å²) in [5, 5.41) is 27.7. The fourth-order valence-electron chi connectivity index (χ4n) is 5.75. The molecule has 5 N–H and O–H groups in total. The smallest absolute Gasteiger partial charge is 0.303 e. The molecule has 2 fully saturated rings. The number of nitrogens with one attached hydrogen (secondary N) is 3. The van der Waals surface area contributed by atoms with Crippen LogP contribution >= 0.6 is 11.3 Å². The molecular formula is C34H46FN5O7S. The number of aliphatic hydroxyl groups is 1. The van der Waals surface area contributed by atoms with E-state index < -0.39 is 59.0 Å². The minimum Gasteiger partial charge on any atom is -0.481 e. The highest BCUT2D eigenvalue weighted by Crippen LogP contribution is 2.40. The summed E-state index contributed by atoms with van der Waals surface area (Å²) in [5.41, 5.74) is 1.41. The summed E-state index contributed by atoms with van der Waals surface area (Å²) in [7, 11) is 0. The average molecular weight is 688 g/mol. The molecule has 0 radical (unpaired) electrons. The maximum absolute atomic E-state index is 14.5. The second kappa shape index (κ2) is 15.5. The zero-order valence-electron chi connectivity index (χ0n) is 27.9. The number of alkyl halides is 1. The molecule has 1 aromatic heterocycles. The van der Waals surface area contributed by atoms with E-state index in [1.807, 2.05) is 31.2 Å². The van der Waals surface area contributed by atoms with Gasteiger partial charge in [0.2, 0.25) is 17.7 Å². The number of carboxylic acid groups (broad SMARTS) is 1. The van der Waals surface area contributed by atoms with Crippen molar-refractivity contribution in [3.63, 3.8) is 0 Å². The molecule has 1 saturated heterocycles. The van der Waals surface area contributed by atoms with Crippen molar-refractivity contribution in [1.82, 2.24) is 25.8 Å². The number of aromatic nitrogens is 1. The van der Waals surface area contributed by atoms with Crippen LogP contribution in [0.4, 0.5) is 4.39 Å². The lowest BCUT2D eigenvalue weighted by Crippen LogP contribution is -2.59. The van der Waals surface area contributed by atoms with E-state index >= 15 is 0 Å². The molecule has 1 aromatic carbocycles. The summed E-state index contributed by atoms with van der Waals surface area (Å²) in [4.78, 5) is 70.7. The van der Waals surface area contributed by atoms with Crippen LogP contribution in [0.5, 0.6) is 0 Å². The molecule has 0 bridgehead atoms. The van der Waals surface area contributed by atoms with Crippen LogP contribution in [0.3, 0.4) is 0 Å². The molecule has 2 heterocycles. The number of likely N-dealkylation sites (tertiary alicyclic amines) is 1. The van der Waals surface area contributed by atoms with Gasteiger partial charge in [0.05, 0.1) is 34.6 Å². The van der Waals surface area contributed by atoms with Crippen molar-refractivity contribution >= 4 is 40.9 Å². The van der Waals surface area contributed by atoms with Gasteiger partial charge in [0, 0.05) is 25.9 Å². The zero-order valence-corrected chi connectivity index (χ0v) is 28.7. The van der Waals surface area contributed by atoms with Gasteiger partial charge in [-0.2, -0.15) is 0 Å². The number of benzene rings is 1. The van der Waals surface area contributed by atoms with Crippen LogP contribution in [0, 0.1) is 12.3 Å².